The number of carbonyl (C=O) groups is 6. The average molecular weight is 3470 g/mol. The minimum absolute atomic E-state index is 0.0174. The molecule has 564 valence electrons. The van der Waals surface area contributed by atoms with E-state index in [1.54, 1.807) is 6.07 Å². The van der Waals surface area contributed by atoms with Crippen molar-refractivity contribution >= 4 is 452 Å². The molecule has 0 aromatic heterocycles. The van der Waals surface area contributed by atoms with E-state index in [1.165, 1.54) is 9.80 Å². The van der Waals surface area contributed by atoms with E-state index >= 15 is 0 Å². The lowest BCUT2D eigenvalue weighted by Gasteiger charge is -2.26. The number of hydrogen-bond acceptors (Lipinski definition) is 16. The fourth-order valence-corrected chi connectivity index (χ4v) is 25.8. The average Bonchev–Trinajstić information content (AvgIpc) is 0.847. The van der Waals surface area contributed by atoms with E-state index in [4.69, 9.17) is 33.2 Å². The third-order valence-electron chi connectivity index (χ3n) is 15.9. The summed E-state index contributed by atoms with van der Waals surface area (Å²) >= 11 is 39.2. The number of quaternary nitrogens is 3. The fourth-order valence-electron chi connectivity index (χ4n) is 10.3. The minimum Gasteiger partial charge on any atom is -0.458 e. The molecular weight excluding hydrogens is 3410 g/mol. The molecule has 4 N–H and O–H groups in total. The number of rotatable bonds is 24. The molecule has 0 spiro atoms. The zero-order chi connectivity index (χ0) is 76.3. The van der Waals surface area contributed by atoms with E-state index in [-0.39, 0.29) is 43.3 Å². The highest BCUT2D eigenvalue weighted by atomic mass is 127. The van der Waals surface area contributed by atoms with Gasteiger partial charge in [-0.2, -0.15) is 0 Å². The molecule has 0 amide bonds. The maximum Gasteiger partial charge on any atom is 0.340 e. The molecule has 0 radical (unpaired) electrons. The Bertz CT molecular complexity index is 4050. The number of esters is 6. The number of piperazine rings is 1. The summed E-state index contributed by atoms with van der Waals surface area (Å²) in [4.78, 5) is 82.2. The predicted molar refractivity (Wildman–Crippen MR) is 549 cm³/mol. The Hall–Kier alpha value is 5.03. The van der Waals surface area contributed by atoms with Crippen LogP contribution in [0.25, 0.3) is 0 Å². The Morgan fingerprint density at radius 1 is 0.365 bits per heavy atom. The van der Waals surface area contributed by atoms with Crippen molar-refractivity contribution in [2.75, 3.05) is 117 Å². The molecule has 0 bridgehead atoms. The van der Waals surface area contributed by atoms with Gasteiger partial charge in [-0.3, -0.25) is 0 Å². The highest BCUT2D eigenvalue weighted by molar-refractivity contribution is 14.1. The molecular formula is C66H61I18N4O15S+3. The maximum absolute atomic E-state index is 13.1. The summed E-state index contributed by atoms with van der Waals surface area (Å²) in [5, 5.41) is 3.37. The quantitative estimate of drug-likeness (QED) is 0.0191. The topological polar surface area (TPSA) is 227 Å². The van der Waals surface area contributed by atoms with Gasteiger partial charge >= 0.3 is 35.8 Å². The second-order valence-corrected chi connectivity index (χ2v) is 46.1. The molecule has 3 unspecified atom stereocenters. The van der Waals surface area contributed by atoms with Crippen molar-refractivity contribution in [3.8, 4) is 0 Å². The van der Waals surface area contributed by atoms with E-state index in [0.717, 1.165) is 135 Å². The van der Waals surface area contributed by atoms with Crippen LogP contribution < -0.4 is 20.0 Å². The maximum atomic E-state index is 13.1. The first-order chi connectivity index (χ1) is 49.2. The van der Waals surface area contributed by atoms with Crippen LogP contribution >= 0.6 is 407 Å². The van der Waals surface area contributed by atoms with Gasteiger partial charge in [0.2, 0.25) is 0 Å². The standard InChI is InChI=1S/C22H20I6N2O4.C22H19I6NO6S.C22H19I6NO5/c23-12-9-14(19(27)17(26)10-12)21(31)34-13(3-6-30-7-4-29-5-8-30)11-33-22(32)18-15(24)1-2-16(25)20(18)28;23-12-9-14(19(27)17(26)10-12)21(30)35-13(3-4-29-5-7-36(32,33)8-6-29)11-34-22(31)18-15(24)1-2-16(25)20(18)28;23-12-9-14(19(27)17(26)10-12)21(30)34-13(3-4-29-5-7-32-8-6-29)11-33-22(31)18-15(24)1-2-16(25)20(18)28/h1-2,9-10,13,29H,3-8,11H2;1-2,9-10,13H,3-8,11H2;1-2,9-10,13H,3-8,11H2/p+3. The van der Waals surface area contributed by atoms with Crippen molar-refractivity contribution < 1.29 is 85.0 Å². The first-order valence-corrected chi connectivity index (χ1v) is 52.4. The summed E-state index contributed by atoms with van der Waals surface area (Å²) in [5.41, 5.74) is 3.17. The van der Waals surface area contributed by atoms with Gasteiger partial charge in [-0.05, 0) is 479 Å². The summed E-state index contributed by atoms with van der Waals surface area (Å²) in [7, 11) is -2.97. The van der Waals surface area contributed by atoms with Crippen molar-refractivity contribution in [1.82, 2.24) is 5.32 Å². The second-order valence-electron chi connectivity index (χ2n) is 23.2. The van der Waals surface area contributed by atoms with E-state index in [0.29, 0.717) is 72.3 Å². The fraction of sp³-hybridized carbons (Fsp3) is 0.364. The highest BCUT2D eigenvalue weighted by Gasteiger charge is 2.32. The molecule has 0 saturated carbocycles. The molecule has 104 heavy (non-hydrogen) atoms. The first-order valence-electron chi connectivity index (χ1n) is 31.2. The lowest BCUT2D eigenvalue weighted by atomic mass is 10.2. The minimum atomic E-state index is -2.97. The smallest absolute Gasteiger partial charge is 0.340 e. The van der Waals surface area contributed by atoms with Gasteiger partial charge in [-0.1, -0.05) is 0 Å². The second kappa shape index (κ2) is 48.3. The monoisotopic (exact) mass is 3470 g/mol. The number of nitrogens with one attached hydrogen (secondary N) is 4. The molecule has 3 fully saturated rings. The summed E-state index contributed by atoms with van der Waals surface area (Å²) in [6.07, 6.45) is -0.0118. The van der Waals surface area contributed by atoms with E-state index in [9.17, 15) is 37.2 Å². The van der Waals surface area contributed by atoms with Gasteiger partial charge in [-0.15, -0.1) is 0 Å². The van der Waals surface area contributed by atoms with Crippen molar-refractivity contribution in [3.05, 3.63) is 170 Å². The number of hydrogen-bond donors (Lipinski definition) is 4. The Morgan fingerprint density at radius 3 is 0.952 bits per heavy atom. The molecule has 9 rings (SSSR count). The Balaban J connectivity index is 0.000000218. The molecule has 3 aliphatic rings. The number of ether oxygens (including phenoxy) is 7. The number of morpholine rings is 1. The summed E-state index contributed by atoms with van der Waals surface area (Å²) in [5.74, 6) is -2.17. The van der Waals surface area contributed by atoms with E-state index < -0.39 is 52.0 Å². The van der Waals surface area contributed by atoms with Crippen LogP contribution in [0.1, 0.15) is 81.4 Å². The van der Waals surface area contributed by atoms with Crippen molar-refractivity contribution in [2.45, 2.75) is 37.6 Å². The van der Waals surface area contributed by atoms with Crippen LogP contribution in [0.15, 0.2) is 72.8 Å². The van der Waals surface area contributed by atoms with Crippen LogP contribution in [0.3, 0.4) is 0 Å². The number of halogens is 18. The molecule has 3 aliphatic heterocycles. The van der Waals surface area contributed by atoms with E-state index in [1.807, 2.05) is 66.7 Å². The summed E-state index contributed by atoms with van der Waals surface area (Å²) in [6.45, 7) is 10.7. The largest absolute Gasteiger partial charge is 0.458 e. The van der Waals surface area contributed by atoms with Gasteiger partial charge in [0, 0.05) is 96.6 Å². The first kappa shape index (κ1) is 96.2. The van der Waals surface area contributed by atoms with Gasteiger partial charge in [0.1, 0.15) is 51.2 Å². The Labute approximate surface area is 850 Å². The van der Waals surface area contributed by atoms with Crippen LogP contribution in [-0.2, 0) is 43.0 Å². The third-order valence-corrected chi connectivity index (χ3v) is 40.4. The third kappa shape index (κ3) is 30.7. The van der Waals surface area contributed by atoms with Gasteiger partial charge < -0.3 is 53.2 Å². The van der Waals surface area contributed by atoms with Crippen LogP contribution in [0.4, 0.5) is 0 Å². The highest BCUT2D eigenvalue weighted by Crippen LogP contribution is 2.31. The lowest BCUT2D eigenvalue weighted by molar-refractivity contribution is -0.908. The van der Waals surface area contributed by atoms with Crippen LogP contribution in [0.2, 0.25) is 0 Å². The van der Waals surface area contributed by atoms with Crippen LogP contribution in [-0.4, -0.2) is 179 Å². The van der Waals surface area contributed by atoms with Crippen LogP contribution in [0, 0.1) is 64.3 Å². The Morgan fingerprint density at radius 2 is 0.644 bits per heavy atom. The van der Waals surface area contributed by atoms with Gasteiger partial charge in [-0.25, -0.2) is 37.2 Å². The van der Waals surface area contributed by atoms with Gasteiger partial charge in [0.25, 0.3) is 0 Å². The molecule has 38 heteroatoms. The van der Waals surface area contributed by atoms with Gasteiger partial charge in [0.05, 0.1) is 104 Å². The normalized spacial score (nSPS) is 15.6. The molecule has 0 aliphatic carbocycles. The van der Waals surface area contributed by atoms with Gasteiger partial charge in [0.15, 0.2) is 9.84 Å². The van der Waals surface area contributed by atoms with Crippen molar-refractivity contribution in [1.29, 1.82) is 0 Å². The number of sulfone groups is 1. The van der Waals surface area contributed by atoms with E-state index in [2.05, 4.69) is 412 Å². The van der Waals surface area contributed by atoms with Crippen LogP contribution in [0.5, 0.6) is 0 Å². The van der Waals surface area contributed by atoms with Crippen molar-refractivity contribution in [3.63, 3.8) is 0 Å². The summed E-state index contributed by atoms with van der Waals surface area (Å²) in [6, 6.07) is 23.1. The summed E-state index contributed by atoms with van der Waals surface area (Å²) < 4.78 is 80.1. The molecule has 3 saturated heterocycles. The molecule has 19 nitrogen and oxygen atoms in total. The zero-order valence-electron chi connectivity index (χ0n) is 53.8. The Kier molecular flexibility index (Phi) is 44.7. The lowest BCUT2D eigenvalue weighted by Crippen LogP contribution is -3.14. The predicted octanol–water partition coefficient (Wildman–Crippen LogP) is 14.0. The number of carbonyl (C=O) groups excluding carboxylic acids is 6. The molecule has 3 heterocycles. The molecule has 6 aromatic rings. The van der Waals surface area contributed by atoms with Crippen molar-refractivity contribution in [2.24, 2.45) is 0 Å². The molecule has 3 atom stereocenters. The molecule has 6 aromatic carbocycles. The zero-order valence-corrected chi connectivity index (χ0v) is 93.5. The SMILES string of the molecule is O=C(OC(CC[NH+]1CCNCC1)COC(=O)c1c(I)ccc(I)c1I)c1cc(I)cc(I)c1I.O=C(OC(CC[NH+]1CCOCC1)COC(=O)c1c(I)ccc(I)c1I)c1cc(I)cc(I)c1I.O=C(OC(CC[NH+]1CCS(=O)(=O)CC1)COC(=O)c1c(I)ccc(I)c1I)c1cc(I)cc(I)c1I. The number of benzene rings is 6.